The highest BCUT2D eigenvalue weighted by Crippen LogP contribution is 2.14. The van der Waals surface area contributed by atoms with Crippen LogP contribution in [-0.2, 0) is 33.3 Å². The Morgan fingerprint density at radius 3 is 1.27 bits per heavy atom. The second-order valence-corrected chi connectivity index (χ2v) is 18.1. The number of ether oxygens (including phenoxy) is 4. The summed E-state index contributed by atoms with van der Waals surface area (Å²) in [7, 11) is 5.95. The molecule has 2 atom stereocenters. The lowest BCUT2D eigenvalue weighted by molar-refractivity contribution is -0.870. The maximum atomic E-state index is 12.8. The van der Waals surface area contributed by atoms with Crippen molar-refractivity contribution in [2.75, 3.05) is 47.5 Å². The quantitative estimate of drug-likeness (QED) is 0.0212. The first-order chi connectivity index (χ1) is 30.6. The lowest BCUT2D eigenvalue weighted by Crippen LogP contribution is -2.40. The molecule has 1 N–H and O–H groups in total. The molecule has 0 aromatic carbocycles. The van der Waals surface area contributed by atoms with Crippen LogP contribution in [0.2, 0.25) is 0 Å². The number of quaternary nitrogens is 1. The van der Waals surface area contributed by atoms with Gasteiger partial charge >= 0.3 is 17.9 Å². The average Bonchev–Trinajstić information content (AvgIpc) is 3.24. The highest BCUT2D eigenvalue weighted by molar-refractivity contribution is 5.71. The third-order valence-corrected chi connectivity index (χ3v) is 10.7. The zero-order valence-corrected chi connectivity index (χ0v) is 41.2. The number of likely N-dealkylation sites (N-methyl/N-ethyl adjacent to an activating group) is 1. The summed E-state index contributed by atoms with van der Waals surface area (Å²) in [6.45, 7) is 4.80. The van der Waals surface area contributed by atoms with Gasteiger partial charge in [-0.1, -0.05) is 171 Å². The molecule has 0 rings (SSSR count). The van der Waals surface area contributed by atoms with Gasteiger partial charge in [0.2, 0.25) is 0 Å². The van der Waals surface area contributed by atoms with Crippen LogP contribution < -0.4 is 0 Å². The van der Waals surface area contributed by atoms with Crippen LogP contribution >= 0.6 is 0 Å². The standard InChI is InChI=1S/C54H95NO8/c1-6-8-10-12-14-16-18-20-22-24-26-28-30-32-34-36-38-40-42-44-51(56)61-48-50(49-62-54(53(58)59)60-47-46-55(3,4)5)63-52(57)45-43-41-39-37-35-33-31-29-27-25-23-21-19-17-15-13-11-9-7-2/h14-17,20-23,27,29,50,54H,6-13,18-19,24-26,28,30-49H2,1-5H3/p+1/b16-14-,17-15-,22-20-,23-21-,29-27-. The molecule has 0 saturated heterocycles. The van der Waals surface area contributed by atoms with Gasteiger partial charge in [0.05, 0.1) is 34.4 Å². The number of hydrogen-bond donors (Lipinski definition) is 1. The normalized spacial score (nSPS) is 13.3. The Bertz CT molecular complexity index is 1220. The third kappa shape index (κ3) is 46.8. The molecule has 0 aliphatic heterocycles. The third-order valence-electron chi connectivity index (χ3n) is 10.7. The van der Waals surface area contributed by atoms with Crippen LogP contribution in [0.4, 0.5) is 0 Å². The number of aliphatic carboxylic acids is 1. The first-order valence-electron chi connectivity index (χ1n) is 25.5. The summed E-state index contributed by atoms with van der Waals surface area (Å²) in [6, 6.07) is 0. The number of carboxylic acid groups (broad SMARTS) is 1. The van der Waals surface area contributed by atoms with Crippen molar-refractivity contribution in [3.05, 3.63) is 60.8 Å². The summed E-state index contributed by atoms with van der Waals surface area (Å²) in [4.78, 5) is 37.3. The number of carboxylic acids is 1. The van der Waals surface area contributed by atoms with Crippen LogP contribution in [0.15, 0.2) is 60.8 Å². The number of rotatable bonds is 46. The fourth-order valence-corrected chi connectivity index (χ4v) is 6.75. The summed E-state index contributed by atoms with van der Waals surface area (Å²) >= 11 is 0. The summed E-state index contributed by atoms with van der Waals surface area (Å²) in [5, 5.41) is 9.67. The van der Waals surface area contributed by atoms with Gasteiger partial charge in [-0.3, -0.25) is 9.59 Å². The van der Waals surface area contributed by atoms with Crippen molar-refractivity contribution >= 4 is 17.9 Å². The minimum Gasteiger partial charge on any atom is -0.477 e. The maximum absolute atomic E-state index is 12.8. The SMILES string of the molecule is CCCCC/C=C\C/C=C\C/C=C\CCCCCCCCC(=O)OC(COC(=O)CCCCCCCCCCC/C=C\C/C=C\CCCCC)COC(OCC[N+](C)(C)C)C(=O)O. The van der Waals surface area contributed by atoms with Crippen LogP contribution in [0.25, 0.3) is 0 Å². The largest absolute Gasteiger partial charge is 0.477 e. The number of esters is 2. The molecular formula is C54H96NO8+. The predicted molar refractivity (Wildman–Crippen MR) is 263 cm³/mol. The molecule has 0 amide bonds. The summed E-state index contributed by atoms with van der Waals surface area (Å²) in [6.07, 6.45) is 52.7. The van der Waals surface area contributed by atoms with Gasteiger partial charge in [0.1, 0.15) is 13.2 Å². The Balaban J connectivity index is 4.39. The van der Waals surface area contributed by atoms with E-state index in [2.05, 4.69) is 74.6 Å². The highest BCUT2D eigenvalue weighted by Gasteiger charge is 2.25. The van der Waals surface area contributed by atoms with Gasteiger partial charge in [-0.15, -0.1) is 0 Å². The Hall–Kier alpha value is -3.01. The van der Waals surface area contributed by atoms with E-state index in [1.54, 1.807) is 0 Å². The van der Waals surface area contributed by atoms with Gasteiger partial charge in [-0.25, -0.2) is 4.79 Å². The minimum absolute atomic E-state index is 0.182. The number of allylic oxidation sites excluding steroid dienone is 10. The molecule has 0 saturated carbocycles. The van der Waals surface area contributed by atoms with E-state index >= 15 is 0 Å². The van der Waals surface area contributed by atoms with E-state index in [0.29, 0.717) is 23.9 Å². The molecule has 9 heteroatoms. The Labute approximate surface area is 386 Å². The van der Waals surface area contributed by atoms with Crippen molar-refractivity contribution in [1.82, 2.24) is 0 Å². The lowest BCUT2D eigenvalue weighted by atomic mass is 10.1. The van der Waals surface area contributed by atoms with E-state index in [-0.39, 0.29) is 32.2 Å². The van der Waals surface area contributed by atoms with Crippen molar-refractivity contribution in [3.63, 3.8) is 0 Å². The van der Waals surface area contributed by atoms with E-state index in [1.165, 1.54) is 96.3 Å². The average molecular weight is 887 g/mol. The zero-order valence-electron chi connectivity index (χ0n) is 41.2. The number of unbranched alkanes of at least 4 members (excludes halogenated alkanes) is 21. The fourth-order valence-electron chi connectivity index (χ4n) is 6.75. The van der Waals surface area contributed by atoms with E-state index < -0.39 is 24.3 Å². The number of nitrogens with zero attached hydrogens (tertiary/aromatic N) is 1. The second-order valence-electron chi connectivity index (χ2n) is 18.1. The van der Waals surface area contributed by atoms with Crippen LogP contribution in [0.1, 0.15) is 206 Å². The van der Waals surface area contributed by atoms with Crippen molar-refractivity contribution in [2.45, 2.75) is 219 Å². The molecule has 2 unspecified atom stereocenters. The maximum Gasteiger partial charge on any atom is 0.361 e. The monoisotopic (exact) mass is 887 g/mol. The smallest absolute Gasteiger partial charge is 0.361 e. The van der Waals surface area contributed by atoms with E-state index in [0.717, 1.165) is 77.0 Å². The summed E-state index contributed by atoms with van der Waals surface area (Å²) in [5.41, 5.74) is 0. The summed E-state index contributed by atoms with van der Waals surface area (Å²) in [5.74, 6) is -2.03. The molecule has 0 aliphatic rings. The number of carbonyl (C=O) groups excluding carboxylic acids is 2. The lowest BCUT2D eigenvalue weighted by Gasteiger charge is -2.25. The molecule has 0 bridgehead atoms. The van der Waals surface area contributed by atoms with Gasteiger partial charge in [-0.05, 0) is 83.5 Å². The van der Waals surface area contributed by atoms with Crippen LogP contribution in [-0.4, -0.2) is 87.4 Å². The highest BCUT2D eigenvalue weighted by atomic mass is 16.7. The molecule has 0 aromatic heterocycles. The van der Waals surface area contributed by atoms with Gasteiger partial charge in [0.25, 0.3) is 6.29 Å². The van der Waals surface area contributed by atoms with E-state index in [4.69, 9.17) is 18.9 Å². The van der Waals surface area contributed by atoms with Gasteiger partial charge in [-0.2, -0.15) is 0 Å². The number of hydrogen-bond acceptors (Lipinski definition) is 7. The van der Waals surface area contributed by atoms with E-state index in [9.17, 15) is 19.5 Å². The molecule has 0 spiro atoms. The van der Waals surface area contributed by atoms with E-state index in [1.807, 2.05) is 21.1 Å². The van der Waals surface area contributed by atoms with Crippen molar-refractivity contribution < 1.29 is 42.9 Å². The first kappa shape index (κ1) is 60.0. The second kappa shape index (κ2) is 45.6. The van der Waals surface area contributed by atoms with Gasteiger partial charge in [0.15, 0.2) is 6.10 Å². The minimum atomic E-state index is -1.52. The summed E-state index contributed by atoms with van der Waals surface area (Å²) < 4.78 is 22.8. The molecule has 0 heterocycles. The molecule has 364 valence electrons. The molecule has 9 nitrogen and oxygen atoms in total. The van der Waals surface area contributed by atoms with Crippen molar-refractivity contribution in [1.29, 1.82) is 0 Å². The van der Waals surface area contributed by atoms with Crippen molar-refractivity contribution in [3.8, 4) is 0 Å². The molecule has 0 aromatic rings. The molecule has 0 aliphatic carbocycles. The van der Waals surface area contributed by atoms with Crippen LogP contribution in [0.5, 0.6) is 0 Å². The predicted octanol–water partition coefficient (Wildman–Crippen LogP) is 14.1. The zero-order chi connectivity index (χ0) is 46.3. The van der Waals surface area contributed by atoms with Crippen molar-refractivity contribution in [2.24, 2.45) is 0 Å². The Morgan fingerprint density at radius 2 is 0.857 bits per heavy atom. The van der Waals surface area contributed by atoms with Crippen LogP contribution in [0.3, 0.4) is 0 Å². The molecule has 0 radical (unpaired) electrons. The van der Waals surface area contributed by atoms with Gasteiger partial charge < -0.3 is 28.5 Å². The fraction of sp³-hybridized carbons (Fsp3) is 0.759. The Kier molecular flexibility index (Phi) is 43.4. The number of carbonyl (C=O) groups is 3. The Morgan fingerprint density at radius 1 is 0.476 bits per heavy atom. The van der Waals surface area contributed by atoms with Gasteiger partial charge in [0, 0.05) is 12.8 Å². The van der Waals surface area contributed by atoms with Crippen LogP contribution in [0, 0.1) is 0 Å². The first-order valence-corrected chi connectivity index (χ1v) is 25.5. The molecule has 63 heavy (non-hydrogen) atoms. The topological polar surface area (TPSA) is 108 Å². The molecule has 0 fully saturated rings. The molecular weight excluding hydrogens is 791 g/mol.